The summed E-state index contributed by atoms with van der Waals surface area (Å²) in [6.45, 7) is 6.03. The molecule has 2 heterocycles. The van der Waals surface area contributed by atoms with Crippen molar-refractivity contribution in [2.24, 2.45) is 0 Å². The van der Waals surface area contributed by atoms with Gasteiger partial charge in [-0.2, -0.15) is 0 Å². The molecular formula is C19H24N2O4S. The number of benzene rings is 1. The largest absolute Gasteiger partial charge is 0.466 e. The molecule has 1 amide bonds. The van der Waals surface area contributed by atoms with Crippen molar-refractivity contribution in [3.05, 3.63) is 47.4 Å². The van der Waals surface area contributed by atoms with Crippen LogP contribution in [0.5, 0.6) is 0 Å². The standard InChI is InChI=1S/C19H24N2O4S/c1-13-5-6-14(25-13)9-10-20-26(23,24)15-7-8-17-16(11-15)19(2,3)12-18(22)21(17)4/h5-8,11,20H,9-10,12H2,1-4H3. The lowest BCUT2D eigenvalue weighted by Gasteiger charge is -2.37. The number of fused-ring (bicyclic) bond motifs is 1. The Morgan fingerprint density at radius 1 is 1.23 bits per heavy atom. The summed E-state index contributed by atoms with van der Waals surface area (Å²) < 4.78 is 33.4. The predicted octanol–water partition coefficient (Wildman–Crippen LogP) is 2.75. The van der Waals surface area contributed by atoms with E-state index < -0.39 is 15.4 Å². The zero-order valence-electron chi connectivity index (χ0n) is 15.5. The third-order valence-corrected chi connectivity index (χ3v) is 6.25. The molecule has 2 aromatic rings. The third-order valence-electron chi connectivity index (χ3n) is 4.80. The summed E-state index contributed by atoms with van der Waals surface area (Å²) in [6, 6.07) is 8.63. The van der Waals surface area contributed by atoms with E-state index in [1.807, 2.05) is 32.9 Å². The van der Waals surface area contributed by atoms with Gasteiger partial charge < -0.3 is 9.32 Å². The van der Waals surface area contributed by atoms with E-state index >= 15 is 0 Å². The summed E-state index contributed by atoms with van der Waals surface area (Å²) in [5, 5.41) is 0. The molecule has 0 atom stereocenters. The molecule has 1 aliphatic rings. The van der Waals surface area contributed by atoms with Crippen molar-refractivity contribution in [2.75, 3.05) is 18.5 Å². The molecule has 0 aliphatic carbocycles. The molecule has 0 bridgehead atoms. The molecule has 140 valence electrons. The van der Waals surface area contributed by atoms with Crippen LogP contribution in [0.25, 0.3) is 0 Å². The molecule has 0 fully saturated rings. The number of amides is 1. The molecule has 0 unspecified atom stereocenters. The fourth-order valence-electron chi connectivity index (χ4n) is 3.25. The van der Waals surface area contributed by atoms with Crippen molar-refractivity contribution in [1.82, 2.24) is 4.72 Å². The first-order valence-electron chi connectivity index (χ1n) is 8.56. The van der Waals surface area contributed by atoms with E-state index in [4.69, 9.17) is 4.42 Å². The highest BCUT2D eigenvalue weighted by molar-refractivity contribution is 7.89. The maximum Gasteiger partial charge on any atom is 0.240 e. The summed E-state index contributed by atoms with van der Waals surface area (Å²) in [4.78, 5) is 13.9. The number of aryl methyl sites for hydroxylation is 1. The Morgan fingerprint density at radius 2 is 1.96 bits per heavy atom. The smallest absolute Gasteiger partial charge is 0.240 e. The summed E-state index contributed by atoms with van der Waals surface area (Å²) in [7, 11) is -1.92. The zero-order chi connectivity index (χ0) is 19.1. The third kappa shape index (κ3) is 3.54. The second-order valence-electron chi connectivity index (χ2n) is 7.35. The summed E-state index contributed by atoms with van der Waals surface area (Å²) in [5.41, 5.74) is 1.22. The van der Waals surface area contributed by atoms with Crippen LogP contribution < -0.4 is 9.62 Å². The van der Waals surface area contributed by atoms with Gasteiger partial charge in [-0.25, -0.2) is 13.1 Å². The van der Waals surface area contributed by atoms with E-state index in [2.05, 4.69) is 4.72 Å². The summed E-state index contributed by atoms with van der Waals surface area (Å²) >= 11 is 0. The first-order chi connectivity index (χ1) is 12.1. The average Bonchev–Trinajstić information content (AvgIpc) is 2.97. The molecule has 0 spiro atoms. The van der Waals surface area contributed by atoms with Gasteiger partial charge in [-0.3, -0.25) is 4.79 Å². The first-order valence-corrected chi connectivity index (χ1v) is 10.0. The lowest BCUT2D eigenvalue weighted by Crippen LogP contribution is -2.39. The molecule has 0 radical (unpaired) electrons. The van der Waals surface area contributed by atoms with Crippen LogP contribution in [0.2, 0.25) is 0 Å². The predicted molar refractivity (Wildman–Crippen MR) is 99.8 cm³/mol. The molecule has 0 saturated heterocycles. The molecule has 26 heavy (non-hydrogen) atoms. The molecule has 7 heteroatoms. The van der Waals surface area contributed by atoms with Crippen molar-refractivity contribution in [3.8, 4) is 0 Å². The van der Waals surface area contributed by atoms with Crippen molar-refractivity contribution in [1.29, 1.82) is 0 Å². The lowest BCUT2D eigenvalue weighted by molar-refractivity contribution is -0.119. The van der Waals surface area contributed by atoms with Crippen molar-refractivity contribution in [3.63, 3.8) is 0 Å². The Labute approximate surface area is 154 Å². The zero-order valence-corrected chi connectivity index (χ0v) is 16.3. The number of sulfonamides is 1. The van der Waals surface area contributed by atoms with Crippen LogP contribution in [0.1, 0.15) is 37.4 Å². The van der Waals surface area contributed by atoms with E-state index in [1.54, 1.807) is 30.1 Å². The Bertz CT molecular complexity index is 944. The SMILES string of the molecule is Cc1ccc(CCNS(=O)(=O)c2ccc3c(c2)C(C)(C)CC(=O)N3C)o1. The van der Waals surface area contributed by atoms with Crippen molar-refractivity contribution >= 4 is 21.6 Å². The summed E-state index contributed by atoms with van der Waals surface area (Å²) in [5.74, 6) is 1.58. The molecule has 1 aromatic carbocycles. The molecule has 1 aliphatic heterocycles. The summed E-state index contributed by atoms with van der Waals surface area (Å²) in [6.07, 6.45) is 0.839. The number of anilines is 1. The fraction of sp³-hybridized carbons (Fsp3) is 0.421. The average molecular weight is 376 g/mol. The number of nitrogens with zero attached hydrogens (tertiary/aromatic N) is 1. The number of hydrogen-bond acceptors (Lipinski definition) is 4. The van der Waals surface area contributed by atoms with Gasteiger partial charge in [0.05, 0.1) is 4.90 Å². The highest BCUT2D eigenvalue weighted by Gasteiger charge is 2.36. The Balaban J connectivity index is 1.81. The van der Waals surface area contributed by atoms with E-state index in [0.717, 1.165) is 22.8 Å². The van der Waals surface area contributed by atoms with Crippen LogP contribution in [0.3, 0.4) is 0 Å². The minimum absolute atomic E-state index is 0.0324. The molecule has 3 rings (SSSR count). The number of nitrogens with one attached hydrogen (secondary N) is 1. The number of rotatable bonds is 5. The number of hydrogen-bond donors (Lipinski definition) is 1. The van der Waals surface area contributed by atoms with Gasteiger partial charge >= 0.3 is 0 Å². The quantitative estimate of drug-likeness (QED) is 0.870. The van der Waals surface area contributed by atoms with Gasteiger partial charge in [-0.15, -0.1) is 0 Å². The highest BCUT2D eigenvalue weighted by atomic mass is 32.2. The Kier molecular flexibility index (Phi) is 4.71. The number of furan rings is 1. The van der Waals surface area contributed by atoms with Gasteiger partial charge in [0.2, 0.25) is 15.9 Å². The van der Waals surface area contributed by atoms with Crippen LogP contribution in [-0.4, -0.2) is 27.9 Å². The van der Waals surface area contributed by atoms with Crippen LogP contribution >= 0.6 is 0 Å². The topological polar surface area (TPSA) is 79.6 Å². The minimum atomic E-state index is -3.63. The van der Waals surface area contributed by atoms with Gasteiger partial charge in [0.25, 0.3) is 0 Å². The van der Waals surface area contributed by atoms with Gasteiger partial charge in [0, 0.05) is 37.5 Å². The molecule has 0 saturated carbocycles. The van der Waals surface area contributed by atoms with Gasteiger partial charge in [0.1, 0.15) is 11.5 Å². The van der Waals surface area contributed by atoms with Crippen LogP contribution in [0.4, 0.5) is 5.69 Å². The number of carbonyl (C=O) groups excluding carboxylic acids is 1. The van der Waals surface area contributed by atoms with Crippen molar-refractivity contribution < 1.29 is 17.6 Å². The lowest BCUT2D eigenvalue weighted by atomic mass is 9.77. The Hall–Kier alpha value is -2.12. The van der Waals surface area contributed by atoms with Crippen LogP contribution in [-0.2, 0) is 26.7 Å². The van der Waals surface area contributed by atoms with Gasteiger partial charge in [-0.1, -0.05) is 13.8 Å². The van der Waals surface area contributed by atoms with Crippen LogP contribution in [0, 0.1) is 6.92 Å². The maximum atomic E-state index is 12.6. The molecule has 1 N–H and O–H groups in total. The molecule has 1 aromatic heterocycles. The van der Waals surface area contributed by atoms with Gasteiger partial charge in [-0.05, 0) is 42.8 Å². The van der Waals surface area contributed by atoms with E-state index in [1.165, 1.54) is 0 Å². The van der Waals surface area contributed by atoms with E-state index in [0.29, 0.717) is 12.8 Å². The van der Waals surface area contributed by atoms with Crippen molar-refractivity contribution in [2.45, 2.75) is 43.9 Å². The van der Waals surface area contributed by atoms with E-state index in [9.17, 15) is 13.2 Å². The second-order valence-corrected chi connectivity index (χ2v) is 9.12. The monoisotopic (exact) mass is 376 g/mol. The maximum absolute atomic E-state index is 12.6. The Morgan fingerprint density at radius 3 is 2.62 bits per heavy atom. The molecular weight excluding hydrogens is 352 g/mol. The highest BCUT2D eigenvalue weighted by Crippen LogP contribution is 2.40. The normalized spacial score (nSPS) is 16.6. The van der Waals surface area contributed by atoms with Crippen LogP contribution in [0.15, 0.2) is 39.6 Å². The minimum Gasteiger partial charge on any atom is -0.466 e. The first kappa shape index (κ1) is 18.7. The van der Waals surface area contributed by atoms with E-state index in [-0.39, 0.29) is 17.3 Å². The fourth-order valence-corrected chi connectivity index (χ4v) is 4.31. The molecule has 6 nitrogen and oxygen atoms in total. The van der Waals surface area contributed by atoms with Gasteiger partial charge in [0.15, 0.2) is 0 Å². The second kappa shape index (κ2) is 6.55. The number of carbonyl (C=O) groups is 1.